The van der Waals surface area contributed by atoms with E-state index in [0.717, 1.165) is 65.9 Å². The van der Waals surface area contributed by atoms with Gasteiger partial charge in [-0.2, -0.15) is 26.3 Å². The number of benzene rings is 8. The van der Waals surface area contributed by atoms with Crippen LogP contribution in [0.5, 0.6) is 0 Å². The predicted octanol–water partition coefficient (Wildman–Crippen LogP) is 15.9. The molecule has 0 saturated heterocycles. The summed E-state index contributed by atoms with van der Waals surface area (Å²) in [5.74, 6) is 0. The van der Waals surface area contributed by atoms with E-state index in [2.05, 4.69) is 0 Å². The van der Waals surface area contributed by atoms with E-state index >= 15 is 0 Å². The van der Waals surface area contributed by atoms with E-state index < -0.39 is 23.5 Å². The number of aromatic nitrogens is 2. The third-order valence-electron chi connectivity index (χ3n) is 11.4. The molecule has 2 nitrogen and oxygen atoms in total. The van der Waals surface area contributed by atoms with Gasteiger partial charge in [-0.3, -0.25) is 0 Å². The Labute approximate surface area is 352 Å². The van der Waals surface area contributed by atoms with Crippen molar-refractivity contribution < 1.29 is 26.3 Å². The van der Waals surface area contributed by atoms with Gasteiger partial charge in [-0.25, -0.2) is 0 Å². The average Bonchev–Trinajstić information content (AvgIpc) is 3.80. The summed E-state index contributed by atoms with van der Waals surface area (Å²) in [5.41, 5.74) is 6.00. The van der Waals surface area contributed by atoms with Crippen molar-refractivity contribution in [2.75, 3.05) is 0 Å². The molecular formula is C54H34F6N2. The monoisotopic (exact) mass is 824 g/mol. The molecule has 0 unspecified atom stereocenters. The third-order valence-corrected chi connectivity index (χ3v) is 11.4. The zero-order valence-corrected chi connectivity index (χ0v) is 32.8. The zero-order chi connectivity index (χ0) is 42.6. The van der Waals surface area contributed by atoms with Crippen molar-refractivity contribution in [2.45, 2.75) is 12.4 Å². The number of halogens is 6. The Balaban J connectivity index is 0.879. The second-order valence-corrected chi connectivity index (χ2v) is 15.2. The molecule has 62 heavy (non-hydrogen) atoms. The number of alkyl halides is 6. The van der Waals surface area contributed by atoms with Crippen molar-refractivity contribution in [2.24, 2.45) is 0 Å². The van der Waals surface area contributed by atoms with Gasteiger partial charge in [0, 0.05) is 32.9 Å². The summed E-state index contributed by atoms with van der Waals surface area (Å²) in [6.07, 6.45) is -2.88. The second kappa shape index (κ2) is 15.2. The molecule has 0 aliphatic carbocycles. The van der Waals surface area contributed by atoms with Gasteiger partial charge >= 0.3 is 12.4 Å². The minimum atomic E-state index is -4.58. The fourth-order valence-electron chi connectivity index (χ4n) is 8.50. The summed E-state index contributed by atoms with van der Waals surface area (Å²) in [6, 6.07) is 54.5. The molecule has 2 aromatic heterocycles. The van der Waals surface area contributed by atoms with Gasteiger partial charge in [-0.05, 0) is 81.9 Å². The average molecular weight is 825 g/mol. The summed E-state index contributed by atoms with van der Waals surface area (Å²) in [7, 11) is 0. The SMILES string of the molecule is FC(F)(F)c1cc(-n2c3ccccc3c3ccccc32)ccc1C=Cc1ccc(-c2ccc(C=Cc3ccc(-n4c5ccccc5c5ccccc54)cc3C(F)(F)F)cc2)cc1. The number of fused-ring (bicyclic) bond motifs is 6. The van der Waals surface area contributed by atoms with Crippen LogP contribution in [0, 0.1) is 0 Å². The van der Waals surface area contributed by atoms with Crippen LogP contribution < -0.4 is 0 Å². The molecule has 0 aliphatic heterocycles. The molecule has 10 aromatic rings. The lowest BCUT2D eigenvalue weighted by molar-refractivity contribution is -0.138. The maximum Gasteiger partial charge on any atom is 0.417 e. The van der Waals surface area contributed by atoms with Crippen LogP contribution in [-0.2, 0) is 12.4 Å². The Kier molecular flexibility index (Phi) is 9.44. The van der Waals surface area contributed by atoms with E-state index in [9.17, 15) is 26.3 Å². The van der Waals surface area contributed by atoms with Gasteiger partial charge in [0.25, 0.3) is 0 Å². The molecule has 0 aliphatic rings. The van der Waals surface area contributed by atoms with Gasteiger partial charge in [0.1, 0.15) is 0 Å². The number of para-hydroxylation sites is 4. The van der Waals surface area contributed by atoms with Gasteiger partial charge in [0.05, 0.1) is 33.2 Å². The van der Waals surface area contributed by atoms with Gasteiger partial charge in [-0.15, -0.1) is 0 Å². The van der Waals surface area contributed by atoms with Crippen molar-refractivity contribution in [3.8, 4) is 22.5 Å². The van der Waals surface area contributed by atoms with Crippen molar-refractivity contribution >= 4 is 67.9 Å². The van der Waals surface area contributed by atoms with Crippen LogP contribution in [0.1, 0.15) is 33.4 Å². The highest BCUT2D eigenvalue weighted by atomic mass is 19.4. The van der Waals surface area contributed by atoms with E-state index in [0.29, 0.717) is 11.4 Å². The Morgan fingerprint density at radius 2 is 0.629 bits per heavy atom. The maximum atomic E-state index is 14.5. The maximum absolute atomic E-state index is 14.5. The van der Waals surface area contributed by atoms with Crippen molar-refractivity contribution in [3.63, 3.8) is 0 Å². The van der Waals surface area contributed by atoms with Crippen LogP contribution in [0.4, 0.5) is 26.3 Å². The number of hydrogen-bond donors (Lipinski definition) is 0. The Morgan fingerprint density at radius 1 is 0.323 bits per heavy atom. The molecule has 0 saturated carbocycles. The first kappa shape index (κ1) is 38.6. The Hall–Kier alpha value is -7.58. The van der Waals surface area contributed by atoms with Crippen LogP contribution in [0.2, 0.25) is 0 Å². The fourth-order valence-corrected chi connectivity index (χ4v) is 8.50. The van der Waals surface area contributed by atoms with Crippen molar-refractivity contribution in [3.05, 3.63) is 215 Å². The van der Waals surface area contributed by atoms with Crippen LogP contribution in [0.25, 0.3) is 90.4 Å². The standard InChI is InChI=1S/C54H34F6N2/c55-53(56,57)47-33-41(61-49-13-5-1-9-43(49)44-10-2-6-14-50(44)61)31-29-39(47)27-21-35-17-23-37(24-18-35)38-25-19-36(20-26-38)22-28-40-30-32-42(34-48(40)54(58,59)60)62-51-15-7-3-11-45(51)46-12-4-8-16-52(46)62/h1-34H. The highest BCUT2D eigenvalue weighted by Crippen LogP contribution is 2.39. The summed E-state index contributed by atoms with van der Waals surface area (Å²) >= 11 is 0. The van der Waals surface area contributed by atoms with Gasteiger partial charge < -0.3 is 9.13 Å². The second-order valence-electron chi connectivity index (χ2n) is 15.2. The minimum Gasteiger partial charge on any atom is -0.309 e. The van der Waals surface area contributed by atoms with E-state index in [1.54, 1.807) is 24.3 Å². The van der Waals surface area contributed by atoms with Gasteiger partial charge in [-0.1, -0.05) is 158 Å². The summed E-state index contributed by atoms with van der Waals surface area (Å²) in [4.78, 5) is 0. The summed E-state index contributed by atoms with van der Waals surface area (Å²) in [5, 5.41) is 3.87. The first-order valence-corrected chi connectivity index (χ1v) is 20.0. The lowest BCUT2D eigenvalue weighted by Gasteiger charge is -2.15. The van der Waals surface area contributed by atoms with Crippen LogP contribution in [-0.4, -0.2) is 9.13 Å². The third kappa shape index (κ3) is 7.03. The van der Waals surface area contributed by atoms with Crippen LogP contribution in [0.3, 0.4) is 0 Å². The summed E-state index contributed by atoms with van der Waals surface area (Å²) < 4.78 is 91.0. The molecule has 0 bridgehead atoms. The number of hydrogen-bond acceptors (Lipinski definition) is 0. The molecule has 8 heteroatoms. The zero-order valence-electron chi connectivity index (χ0n) is 32.8. The highest BCUT2D eigenvalue weighted by molar-refractivity contribution is 6.10. The van der Waals surface area contributed by atoms with E-state index in [1.165, 1.54) is 36.4 Å². The molecule has 0 N–H and O–H groups in total. The number of nitrogens with zero attached hydrogens (tertiary/aromatic N) is 2. The van der Waals surface area contributed by atoms with E-state index in [-0.39, 0.29) is 11.1 Å². The Bertz CT molecular complexity index is 3030. The van der Waals surface area contributed by atoms with Crippen LogP contribution >= 0.6 is 0 Å². The normalized spacial score (nSPS) is 12.5. The largest absolute Gasteiger partial charge is 0.417 e. The van der Waals surface area contributed by atoms with Gasteiger partial charge in [0.2, 0.25) is 0 Å². The molecule has 0 radical (unpaired) electrons. The Morgan fingerprint density at radius 3 is 0.935 bits per heavy atom. The van der Waals surface area contributed by atoms with Crippen molar-refractivity contribution in [1.82, 2.24) is 9.13 Å². The lowest BCUT2D eigenvalue weighted by atomic mass is 10.0. The smallest absolute Gasteiger partial charge is 0.309 e. The molecule has 10 rings (SSSR count). The molecule has 0 spiro atoms. The fraction of sp³-hybridized carbons (Fsp3) is 0.0370. The first-order valence-electron chi connectivity index (χ1n) is 20.0. The first-order chi connectivity index (χ1) is 30.0. The van der Waals surface area contributed by atoms with Crippen molar-refractivity contribution in [1.29, 1.82) is 0 Å². The highest BCUT2D eigenvalue weighted by Gasteiger charge is 2.34. The quantitative estimate of drug-likeness (QED) is 0.112. The molecule has 8 aromatic carbocycles. The topological polar surface area (TPSA) is 9.86 Å². The molecule has 0 fully saturated rings. The van der Waals surface area contributed by atoms with E-state index in [1.807, 2.05) is 155 Å². The summed E-state index contributed by atoms with van der Waals surface area (Å²) in [6.45, 7) is 0. The minimum absolute atomic E-state index is 0.0520. The molecule has 302 valence electrons. The molecule has 0 atom stereocenters. The molecular weight excluding hydrogens is 791 g/mol. The predicted molar refractivity (Wildman–Crippen MR) is 241 cm³/mol. The van der Waals surface area contributed by atoms with E-state index in [4.69, 9.17) is 0 Å². The molecule has 2 heterocycles. The lowest BCUT2D eigenvalue weighted by Crippen LogP contribution is -2.09. The van der Waals surface area contributed by atoms with Crippen LogP contribution in [0.15, 0.2) is 182 Å². The number of rotatable bonds is 7. The van der Waals surface area contributed by atoms with Gasteiger partial charge in [0.15, 0.2) is 0 Å². The molecule has 0 amide bonds.